The highest BCUT2D eigenvalue weighted by Gasteiger charge is 2.18. The molecule has 0 saturated heterocycles. The van der Waals surface area contributed by atoms with Crippen molar-refractivity contribution in [2.75, 3.05) is 0 Å². The van der Waals surface area contributed by atoms with Gasteiger partial charge in [0.2, 0.25) is 0 Å². The number of aryl methyl sites for hydroxylation is 1. The van der Waals surface area contributed by atoms with Gasteiger partial charge in [-0.1, -0.05) is 54.6 Å². The summed E-state index contributed by atoms with van der Waals surface area (Å²) in [7, 11) is 0. The minimum absolute atomic E-state index is 0.101. The van der Waals surface area contributed by atoms with E-state index in [4.69, 9.17) is 0 Å². The lowest BCUT2D eigenvalue weighted by molar-refractivity contribution is 0.0949. The minimum Gasteiger partial charge on any atom is -0.348 e. The van der Waals surface area contributed by atoms with Crippen LogP contribution in [0.5, 0.6) is 0 Å². The molecule has 7 heteroatoms. The van der Waals surface area contributed by atoms with E-state index in [1.165, 1.54) is 6.33 Å². The summed E-state index contributed by atoms with van der Waals surface area (Å²) in [5.74, 6) is -0.101. The first-order chi connectivity index (χ1) is 14.6. The van der Waals surface area contributed by atoms with Crippen LogP contribution in [0.25, 0.3) is 0 Å². The number of aromatic nitrogens is 5. The van der Waals surface area contributed by atoms with E-state index in [1.807, 2.05) is 61.0 Å². The summed E-state index contributed by atoms with van der Waals surface area (Å²) >= 11 is 0. The second-order valence-electron chi connectivity index (χ2n) is 7.28. The molecular weight excluding hydrogens is 376 g/mol. The first-order valence-corrected chi connectivity index (χ1v) is 9.86. The topological polar surface area (TPSA) is 77.6 Å². The highest BCUT2D eigenvalue weighted by Crippen LogP contribution is 2.15. The van der Waals surface area contributed by atoms with Gasteiger partial charge in [-0.3, -0.25) is 9.48 Å². The van der Waals surface area contributed by atoms with E-state index in [0.717, 1.165) is 28.1 Å². The molecule has 1 N–H and O–H groups in total. The number of carbonyl (C=O) groups excluding carboxylic acids is 1. The molecule has 0 saturated carbocycles. The van der Waals surface area contributed by atoms with Crippen molar-refractivity contribution >= 4 is 5.91 Å². The maximum absolute atomic E-state index is 12.8. The van der Waals surface area contributed by atoms with Crippen molar-refractivity contribution in [3.05, 3.63) is 101 Å². The van der Waals surface area contributed by atoms with Gasteiger partial charge in [0.25, 0.3) is 5.91 Å². The molecule has 0 unspecified atom stereocenters. The first-order valence-electron chi connectivity index (χ1n) is 9.86. The summed E-state index contributed by atoms with van der Waals surface area (Å²) < 4.78 is 3.66. The van der Waals surface area contributed by atoms with E-state index in [-0.39, 0.29) is 5.91 Å². The van der Waals surface area contributed by atoms with Gasteiger partial charge in [0.05, 0.1) is 24.3 Å². The number of benzene rings is 2. The van der Waals surface area contributed by atoms with Gasteiger partial charge >= 0.3 is 0 Å². The summed E-state index contributed by atoms with van der Waals surface area (Å²) in [5.41, 5.74) is 5.58. The standard InChI is InChI=1S/C23H24N6O/c1-17-22(18(2)29(27-17)14-20-6-4-3-5-7-20)23(30)25-12-19-8-10-21(11-9-19)13-28-16-24-15-26-28/h3-11,15-16H,12-14H2,1-2H3,(H,25,30). The van der Waals surface area contributed by atoms with Crippen LogP contribution in [0.1, 0.15) is 38.4 Å². The Morgan fingerprint density at radius 2 is 1.63 bits per heavy atom. The van der Waals surface area contributed by atoms with Gasteiger partial charge in [-0.15, -0.1) is 0 Å². The molecular formula is C23H24N6O. The molecule has 0 radical (unpaired) electrons. The Balaban J connectivity index is 1.39. The summed E-state index contributed by atoms with van der Waals surface area (Å²) in [5, 5.41) is 11.7. The third-order valence-electron chi connectivity index (χ3n) is 5.07. The maximum Gasteiger partial charge on any atom is 0.255 e. The van der Waals surface area contributed by atoms with Gasteiger partial charge in [-0.25, -0.2) is 9.67 Å². The summed E-state index contributed by atoms with van der Waals surface area (Å²) in [6, 6.07) is 18.2. The van der Waals surface area contributed by atoms with E-state index in [2.05, 4.69) is 32.6 Å². The van der Waals surface area contributed by atoms with Crippen LogP contribution in [0.15, 0.2) is 67.3 Å². The van der Waals surface area contributed by atoms with Crippen LogP contribution in [-0.2, 0) is 19.6 Å². The lowest BCUT2D eigenvalue weighted by Gasteiger charge is -2.08. The highest BCUT2D eigenvalue weighted by atomic mass is 16.1. The number of amides is 1. The van der Waals surface area contributed by atoms with Crippen molar-refractivity contribution in [1.29, 1.82) is 0 Å². The summed E-state index contributed by atoms with van der Waals surface area (Å²) in [6.07, 6.45) is 3.21. The van der Waals surface area contributed by atoms with Crippen molar-refractivity contribution in [3.63, 3.8) is 0 Å². The molecule has 4 rings (SSSR count). The lowest BCUT2D eigenvalue weighted by atomic mass is 10.1. The Labute approximate surface area is 175 Å². The molecule has 7 nitrogen and oxygen atoms in total. The number of rotatable bonds is 7. The smallest absolute Gasteiger partial charge is 0.255 e. The number of hydrogen-bond donors (Lipinski definition) is 1. The van der Waals surface area contributed by atoms with E-state index in [1.54, 1.807) is 11.0 Å². The number of hydrogen-bond acceptors (Lipinski definition) is 4. The maximum atomic E-state index is 12.8. The zero-order valence-corrected chi connectivity index (χ0v) is 17.1. The highest BCUT2D eigenvalue weighted by molar-refractivity contribution is 5.96. The normalized spacial score (nSPS) is 10.9. The Kier molecular flexibility index (Phi) is 5.70. The van der Waals surface area contributed by atoms with Crippen LogP contribution < -0.4 is 5.32 Å². The fraction of sp³-hybridized carbons (Fsp3) is 0.217. The van der Waals surface area contributed by atoms with Gasteiger partial charge < -0.3 is 5.32 Å². The van der Waals surface area contributed by atoms with E-state index in [0.29, 0.717) is 25.2 Å². The third-order valence-corrected chi connectivity index (χ3v) is 5.07. The SMILES string of the molecule is Cc1nn(Cc2ccccc2)c(C)c1C(=O)NCc1ccc(Cn2cncn2)cc1. The molecule has 0 fully saturated rings. The Bertz CT molecular complexity index is 1110. The van der Waals surface area contributed by atoms with E-state index >= 15 is 0 Å². The molecule has 2 aromatic carbocycles. The van der Waals surface area contributed by atoms with Crippen LogP contribution in [0.3, 0.4) is 0 Å². The molecule has 0 atom stereocenters. The zero-order chi connectivity index (χ0) is 20.9. The number of nitrogens with zero attached hydrogens (tertiary/aromatic N) is 5. The second kappa shape index (κ2) is 8.73. The number of carbonyl (C=O) groups is 1. The molecule has 1 amide bonds. The molecule has 0 aliphatic rings. The Hall–Kier alpha value is -3.74. The largest absolute Gasteiger partial charge is 0.348 e. The molecule has 0 bridgehead atoms. The monoisotopic (exact) mass is 400 g/mol. The predicted molar refractivity (Wildman–Crippen MR) is 114 cm³/mol. The average molecular weight is 400 g/mol. The Morgan fingerprint density at radius 1 is 0.933 bits per heavy atom. The third kappa shape index (κ3) is 4.46. The van der Waals surface area contributed by atoms with E-state index < -0.39 is 0 Å². The lowest BCUT2D eigenvalue weighted by Crippen LogP contribution is -2.24. The van der Waals surface area contributed by atoms with Gasteiger partial charge in [-0.2, -0.15) is 10.2 Å². The molecule has 2 aromatic heterocycles. The first kappa shape index (κ1) is 19.6. The van der Waals surface area contributed by atoms with Gasteiger partial charge in [0.1, 0.15) is 12.7 Å². The molecule has 152 valence electrons. The predicted octanol–water partition coefficient (Wildman–Crippen LogP) is 3.12. The van der Waals surface area contributed by atoms with Crippen LogP contribution in [0, 0.1) is 13.8 Å². The fourth-order valence-corrected chi connectivity index (χ4v) is 3.47. The van der Waals surface area contributed by atoms with Gasteiger partial charge in [0, 0.05) is 12.2 Å². The minimum atomic E-state index is -0.101. The van der Waals surface area contributed by atoms with Crippen LogP contribution in [0.2, 0.25) is 0 Å². The molecule has 0 aliphatic carbocycles. The molecule has 30 heavy (non-hydrogen) atoms. The molecule has 4 aromatic rings. The van der Waals surface area contributed by atoms with Crippen molar-refractivity contribution in [2.24, 2.45) is 0 Å². The van der Waals surface area contributed by atoms with Crippen molar-refractivity contribution in [1.82, 2.24) is 29.9 Å². The summed E-state index contributed by atoms with van der Waals surface area (Å²) in [4.78, 5) is 16.8. The van der Waals surface area contributed by atoms with Gasteiger partial charge in [-0.05, 0) is 30.5 Å². The number of nitrogens with one attached hydrogen (secondary N) is 1. The Morgan fingerprint density at radius 3 is 2.33 bits per heavy atom. The van der Waals surface area contributed by atoms with Gasteiger partial charge in [0.15, 0.2) is 0 Å². The summed E-state index contributed by atoms with van der Waals surface area (Å²) in [6.45, 7) is 5.60. The van der Waals surface area contributed by atoms with Crippen molar-refractivity contribution in [3.8, 4) is 0 Å². The molecule has 0 spiro atoms. The fourth-order valence-electron chi connectivity index (χ4n) is 3.47. The van der Waals surface area contributed by atoms with Crippen molar-refractivity contribution in [2.45, 2.75) is 33.5 Å². The van der Waals surface area contributed by atoms with Crippen LogP contribution in [-0.4, -0.2) is 30.5 Å². The molecule has 0 aliphatic heterocycles. The van der Waals surface area contributed by atoms with Crippen LogP contribution >= 0.6 is 0 Å². The second-order valence-corrected chi connectivity index (χ2v) is 7.28. The molecule has 2 heterocycles. The van der Waals surface area contributed by atoms with Crippen LogP contribution in [0.4, 0.5) is 0 Å². The average Bonchev–Trinajstić information content (AvgIpc) is 3.36. The van der Waals surface area contributed by atoms with Crippen molar-refractivity contribution < 1.29 is 4.79 Å². The zero-order valence-electron chi connectivity index (χ0n) is 17.1. The quantitative estimate of drug-likeness (QED) is 0.517. The van der Waals surface area contributed by atoms with E-state index in [9.17, 15) is 4.79 Å².